The Bertz CT molecular complexity index is 1120. The zero-order valence-corrected chi connectivity index (χ0v) is 15.2. The Morgan fingerprint density at radius 2 is 1.78 bits per heavy atom. The number of H-pyrrole nitrogens is 1. The van der Waals surface area contributed by atoms with E-state index in [-0.39, 0.29) is 6.54 Å². The summed E-state index contributed by atoms with van der Waals surface area (Å²) < 4.78 is 26.3. The van der Waals surface area contributed by atoms with Gasteiger partial charge < -0.3 is 10.3 Å². The lowest BCUT2D eigenvalue weighted by Gasteiger charge is -2.05. The molecule has 0 unspecified atom stereocenters. The standard InChI is InChI=1S/C19H12Cl2F2N4/c20-12-2-1-3-13(21)17(12)16-7-11-9-25-19(27-18(11)26-16)24-8-10-4-5-14(22)15(23)6-10/h1-7,9H,8H2,(H2,24,25,26,27). The van der Waals surface area contributed by atoms with E-state index in [1.54, 1.807) is 24.4 Å². The van der Waals surface area contributed by atoms with Crippen LogP contribution in [0.3, 0.4) is 0 Å². The van der Waals surface area contributed by atoms with E-state index in [2.05, 4.69) is 20.3 Å². The molecule has 2 aromatic heterocycles. The first-order chi connectivity index (χ1) is 13.0. The average molecular weight is 405 g/mol. The molecule has 0 aliphatic carbocycles. The van der Waals surface area contributed by atoms with Crippen LogP contribution in [-0.4, -0.2) is 15.0 Å². The number of hydrogen-bond donors (Lipinski definition) is 2. The molecule has 27 heavy (non-hydrogen) atoms. The average Bonchev–Trinajstić information content (AvgIpc) is 3.05. The summed E-state index contributed by atoms with van der Waals surface area (Å²) in [6.07, 6.45) is 1.65. The van der Waals surface area contributed by atoms with Gasteiger partial charge in [0.1, 0.15) is 5.65 Å². The van der Waals surface area contributed by atoms with Crippen molar-refractivity contribution in [1.82, 2.24) is 15.0 Å². The second-order valence-electron chi connectivity index (χ2n) is 5.88. The topological polar surface area (TPSA) is 53.6 Å². The number of benzene rings is 2. The van der Waals surface area contributed by atoms with E-state index in [1.807, 2.05) is 6.07 Å². The van der Waals surface area contributed by atoms with E-state index >= 15 is 0 Å². The quantitative estimate of drug-likeness (QED) is 0.450. The summed E-state index contributed by atoms with van der Waals surface area (Å²) >= 11 is 12.5. The summed E-state index contributed by atoms with van der Waals surface area (Å²) in [7, 11) is 0. The van der Waals surface area contributed by atoms with Crippen LogP contribution >= 0.6 is 23.2 Å². The zero-order valence-electron chi connectivity index (χ0n) is 13.7. The van der Waals surface area contributed by atoms with Gasteiger partial charge in [-0.15, -0.1) is 0 Å². The Kier molecular flexibility index (Phi) is 4.68. The van der Waals surface area contributed by atoms with Gasteiger partial charge in [-0.05, 0) is 35.9 Å². The summed E-state index contributed by atoms with van der Waals surface area (Å²) in [5.74, 6) is -1.42. The predicted octanol–water partition coefficient (Wildman–Crippen LogP) is 5.82. The number of fused-ring (bicyclic) bond motifs is 1. The molecule has 0 bridgehead atoms. The minimum atomic E-state index is -0.892. The van der Waals surface area contributed by atoms with Gasteiger partial charge in [0.05, 0.1) is 15.7 Å². The van der Waals surface area contributed by atoms with Crippen LogP contribution in [0.2, 0.25) is 10.0 Å². The number of hydrogen-bond acceptors (Lipinski definition) is 3. The van der Waals surface area contributed by atoms with Crippen molar-refractivity contribution < 1.29 is 8.78 Å². The minimum Gasteiger partial charge on any atom is -0.350 e. The van der Waals surface area contributed by atoms with Crippen molar-refractivity contribution >= 4 is 40.2 Å². The van der Waals surface area contributed by atoms with Gasteiger partial charge in [-0.1, -0.05) is 35.3 Å². The van der Waals surface area contributed by atoms with Crippen LogP contribution in [0.4, 0.5) is 14.7 Å². The smallest absolute Gasteiger partial charge is 0.224 e. The Morgan fingerprint density at radius 3 is 2.52 bits per heavy atom. The first-order valence-electron chi connectivity index (χ1n) is 7.99. The largest absolute Gasteiger partial charge is 0.350 e. The van der Waals surface area contributed by atoms with Crippen molar-refractivity contribution in [3.63, 3.8) is 0 Å². The number of aromatic amines is 1. The molecule has 2 N–H and O–H groups in total. The van der Waals surface area contributed by atoms with Crippen molar-refractivity contribution in [3.05, 3.63) is 75.9 Å². The molecular formula is C19H12Cl2F2N4. The molecule has 0 aliphatic heterocycles. The molecular weight excluding hydrogens is 393 g/mol. The molecule has 0 amide bonds. The zero-order chi connectivity index (χ0) is 19.0. The summed E-state index contributed by atoms with van der Waals surface area (Å²) in [6.45, 7) is 0.257. The van der Waals surface area contributed by atoms with E-state index in [4.69, 9.17) is 23.2 Å². The third-order valence-electron chi connectivity index (χ3n) is 4.04. The number of halogens is 4. The highest BCUT2D eigenvalue weighted by Crippen LogP contribution is 2.35. The monoisotopic (exact) mass is 404 g/mol. The van der Waals surface area contributed by atoms with Crippen LogP contribution in [0.1, 0.15) is 5.56 Å². The SMILES string of the molecule is Fc1ccc(CNc2ncc3cc(-c4c(Cl)cccc4Cl)[nH]c3n2)cc1F. The molecule has 0 aliphatic rings. The summed E-state index contributed by atoms with van der Waals surface area (Å²) in [6, 6.07) is 10.9. The molecule has 8 heteroatoms. The number of aromatic nitrogens is 3. The number of nitrogens with zero attached hydrogens (tertiary/aromatic N) is 2. The fourth-order valence-electron chi connectivity index (χ4n) is 2.72. The molecule has 0 atom stereocenters. The lowest BCUT2D eigenvalue weighted by molar-refractivity contribution is 0.507. The van der Waals surface area contributed by atoms with Crippen LogP contribution < -0.4 is 5.32 Å². The molecule has 2 aromatic carbocycles. The Labute approximate surface area is 163 Å². The highest BCUT2D eigenvalue weighted by Gasteiger charge is 2.12. The molecule has 4 aromatic rings. The van der Waals surface area contributed by atoms with Crippen LogP contribution in [-0.2, 0) is 6.54 Å². The van der Waals surface area contributed by atoms with Crippen molar-refractivity contribution in [2.45, 2.75) is 6.54 Å². The Morgan fingerprint density at radius 1 is 1.00 bits per heavy atom. The molecule has 0 radical (unpaired) electrons. The van der Waals surface area contributed by atoms with Crippen LogP contribution in [0.25, 0.3) is 22.3 Å². The minimum absolute atomic E-state index is 0.257. The van der Waals surface area contributed by atoms with E-state index in [1.165, 1.54) is 6.07 Å². The van der Waals surface area contributed by atoms with Crippen molar-refractivity contribution in [1.29, 1.82) is 0 Å². The van der Waals surface area contributed by atoms with E-state index < -0.39 is 11.6 Å². The van der Waals surface area contributed by atoms with Gasteiger partial charge >= 0.3 is 0 Å². The number of anilines is 1. The highest BCUT2D eigenvalue weighted by molar-refractivity contribution is 6.39. The van der Waals surface area contributed by atoms with Gasteiger partial charge in [-0.25, -0.2) is 13.8 Å². The highest BCUT2D eigenvalue weighted by atomic mass is 35.5. The second-order valence-corrected chi connectivity index (χ2v) is 6.69. The van der Waals surface area contributed by atoms with Crippen LogP contribution in [0.5, 0.6) is 0 Å². The first-order valence-corrected chi connectivity index (χ1v) is 8.75. The molecule has 0 fully saturated rings. The summed E-state index contributed by atoms with van der Waals surface area (Å²) in [5, 5.41) is 4.83. The normalized spacial score (nSPS) is 11.1. The molecule has 4 nitrogen and oxygen atoms in total. The maximum atomic E-state index is 13.3. The summed E-state index contributed by atoms with van der Waals surface area (Å²) in [4.78, 5) is 11.8. The van der Waals surface area contributed by atoms with Gasteiger partial charge in [0.15, 0.2) is 11.6 Å². The molecule has 136 valence electrons. The fraction of sp³-hybridized carbons (Fsp3) is 0.0526. The number of nitrogens with one attached hydrogen (secondary N) is 2. The van der Waals surface area contributed by atoms with E-state index in [0.717, 1.165) is 23.2 Å². The van der Waals surface area contributed by atoms with Crippen LogP contribution in [0, 0.1) is 11.6 Å². The fourth-order valence-corrected chi connectivity index (χ4v) is 3.32. The van der Waals surface area contributed by atoms with Gasteiger partial charge in [-0.2, -0.15) is 4.98 Å². The lowest BCUT2D eigenvalue weighted by Crippen LogP contribution is -2.04. The van der Waals surface area contributed by atoms with Crippen molar-refractivity contribution in [2.24, 2.45) is 0 Å². The third kappa shape index (κ3) is 3.59. The predicted molar refractivity (Wildman–Crippen MR) is 103 cm³/mol. The summed E-state index contributed by atoms with van der Waals surface area (Å²) in [5.41, 5.74) is 2.60. The Balaban J connectivity index is 1.60. The Hall–Kier alpha value is -2.70. The molecule has 0 saturated heterocycles. The maximum absolute atomic E-state index is 13.3. The van der Waals surface area contributed by atoms with Crippen molar-refractivity contribution in [2.75, 3.05) is 5.32 Å². The van der Waals surface area contributed by atoms with Gasteiger partial charge in [-0.3, -0.25) is 0 Å². The van der Waals surface area contributed by atoms with Gasteiger partial charge in [0, 0.05) is 23.7 Å². The third-order valence-corrected chi connectivity index (χ3v) is 4.67. The van der Waals surface area contributed by atoms with E-state index in [0.29, 0.717) is 32.8 Å². The van der Waals surface area contributed by atoms with E-state index in [9.17, 15) is 8.78 Å². The number of rotatable bonds is 4. The second kappa shape index (κ2) is 7.13. The molecule has 4 rings (SSSR count). The lowest BCUT2D eigenvalue weighted by atomic mass is 10.1. The molecule has 0 saturated carbocycles. The molecule has 0 spiro atoms. The van der Waals surface area contributed by atoms with Gasteiger partial charge in [0.2, 0.25) is 5.95 Å². The van der Waals surface area contributed by atoms with Crippen LogP contribution in [0.15, 0.2) is 48.7 Å². The first kappa shape index (κ1) is 17.7. The van der Waals surface area contributed by atoms with Crippen molar-refractivity contribution in [3.8, 4) is 11.3 Å². The van der Waals surface area contributed by atoms with Gasteiger partial charge in [0.25, 0.3) is 0 Å². The maximum Gasteiger partial charge on any atom is 0.224 e. The molecule has 2 heterocycles.